The molecule has 24 heavy (non-hydrogen) atoms. The van der Waals surface area contributed by atoms with Crippen molar-refractivity contribution in [1.82, 2.24) is 4.31 Å². The second kappa shape index (κ2) is 7.98. The van der Waals surface area contributed by atoms with Gasteiger partial charge < -0.3 is 14.5 Å². The molecule has 0 aliphatic rings. The fourth-order valence-electron chi connectivity index (χ4n) is 2.03. The minimum absolute atomic E-state index is 0.00251. The van der Waals surface area contributed by atoms with Crippen molar-refractivity contribution in [3.8, 4) is 5.75 Å². The van der Waals surface area contributed by atoms with E-state index in [1.807, 2.05) is 6.92 Å². The first-order chi connectivity index (χ1) is 11.4. The Kier molecular flexibility index (Phi) is 5.99. The number of nitrogens with one attached hydrogen (secondary N) is 1. The van der Waals surface area contributed by atoms with Crippen molar-refractivity contribution < 1.29 is 22.4 Å². The summed E-state index contributed by atoms with van der Waals surface area (Å²) < 4.78 is 35.2. The van der Waals surface area contributed by atoms with Gasteiger partial charge in [-0.15, -0.1) is 0 Å². The molecule has 0 saturated carbocycles. The van der Waals surface area contributed by atoms with E-state index in [4.69, 9.17) is 9.15 Å². The molecule has 0 unspecified atom stereocenters. The molecule has 0 saturated heterocycles. The SMILES string of the molecule is CCOc1ccc(NC(=O)CN(Cc2ccco2)S(C)(=O)=O)cc1. The van der Waals surface area contributed by atoms with Gasteiger partial charge in [0.25, 0.3) is 0 Å². The number of furan rings is 1. The third kappa shape index (κ3) is 5.39. The van der Waals surface area contributed by atoms with Crippen molar-refractivity contribution in [3.63, 3.8) is 0 Å². The van der Waals surface area contributed by atoms with E-state index in [1.54, 1.807) is 36.4 Å². The third-order valence-corrected chi connectivity index (χ3v) is 4.35. The lowest BCUT2D eigenvalue weighted by Crippen LogP contribution is -2.36. The average Bonchev–Trinajstić information content (AvgIpc) is 3.01. The Morgan fingerprint density at radius 3 is 2.50 bits per heavy atom. The summed E-state index contributed by atoms with van der Waals surface area (Å²) in [7, 11) is -3.55. The summed E-state index contributed by atoms with van der Waals surface area (Å²) in [5.74, 6) is 0.733. The van der Waals surface area contributed by atoms with Crippen LogP contribution in [0.1, 0.15) is 12.7 Å². The first-order valence-electron chi connectivity index (χ1n) is 7.38. The second-order valence-electron chi connectivity index (χ2n) is 5.12. The summed E-state index contributed by atoms with van der Waals surface area (Å²) in [4.78, 5) is 12.1. The Bertz CT molecular complexity index is 754. The number of benzene rings is 1. The topological polar surface area (TPSA) is 88.8 Å². The standard InChI is InChI=1S/C16H20N2O5S/c1-3-22-14-8-6-13(7-9-14)17-16(19)12-18(24(2,20)21)11-15-5-4-10-23-15/h4-10H,3,11-12H2,1-2H3,(H,17,19). The largest absolute Gasteiger partial charge is 0.494 e. The van der Waals surface area contributed by atoms with E-state index in [0.717, 1.165) is 10.6 Å². The zero-order valence-corrected chi connectivity index (χ0v) is 14.4. The number of sulfonamides is 1. The Hall–Kier alpha value is -2.32. The highest BCUT2D eigenvalue weighted by molar-refractivity contribution is 7.88. The lowest BCUT2D eigenvalue weighted by molar-refractivity contribution is -0.116. The molecular weight excluding hydrogens is 332 g/mol. The fraction of sp³-hybridized carbons (Fsp3) is 0.312. The molecule has 0 aliphatic heterocycles. The van der Waals surface area contributed by atoms with E-state index in [0.29, 0.717) is 23.8 Å². The fourth-order valence-corrected chi connectivity index (χ4v) is 2.74. The minimum Gasteiger partial charge on any atom is -0.494 e. The van der Waals surface area contributed by atoms with Crippen LogP contribution in [0.5, 0.6) is 5.75 Å². The number of rotatable bonds is 8. The van der Waals surface area contributed by atoms with Gasteiger partial charge in [0.05, 0.1) is 32.2 Å². The van der Waals surface area contributed by atoms with Gasteiger partial charge >= 0.3 is 0 Å². The van der Waals surface area contributed by atoms with Gasteiger partial charge in [0.1, 0.15) is 11.5 Å². The van der Waals surface area contributed by atoms with Crippen LogP contribution < -0.4 is 10.1 Å². The highest BCUT2D eigenvalue weighted by atomic mass is 32.2. The monoisotopic (exact) mass is 352 g/mol. The van der Waals surface area contributed by atoms with Gasteiger partial charge in [0, 0.05) is 5.69 Å². The molecule has 1 amide bonds. The molecule has 0 fully saturated rings. The lowest BCUT2D eigenvalue weighted by Gasteiger charge is -2.18. The van der Waals surface area contributed by atoms with Gasteiger partial charge in [-0.1, -0.05) is 0 Å². The molecule has 1 aromatic carbocycles. The van der Waals surface area contributed by atoms with Gasteiger partial charge in [-0.25, -0.2) is 8.42 Å². The van der Waals surface area contributed by atoms with Gasteiger partial charge in [0.15, 0.2) is 0 Å². The number of carbonyl (C=O) groups excluding carboxylic acids is 1. The van der Waals surface area contributed by atoms with E-state index < -0.39 is 15.9 Å². The zero-order valence-electron chi connectivity index (χ0n) is 13.6. The molecule has 0 aliphatic carbocycles. The molecule has 0 bridgehead atoms. The van der Waals surface area contributed by atoms with Crippen molar-refractivity contribution in [3.05, 3.63) is 48.4 Å². The molecule has 2 aromatic rings. The molecule has 7 nitrogen and oxygen atoms in total. The van der Waals surface area contributed by atoms with Crippen LogP contribution in [-0.4, -0.2) is 38.0 Å². The van der Waals surface area contributed by atoms with Crippen LogP contribution in [0.4, 0.5) is 5.69 Å². The van der Waals surface area contributed by atoms with Crippen LogP contribution in [0.2, 0.25) is 0 Å². The normalized spacial score (nSPS) is 11.5. The molecule has 8 heteroatoms. The van der Waals surface area contributed by atoms with E-state index in [-0.39, 0.29) is 13.1 Å². The van der Waals surface area contributed by atoms with Gasteiger partial charge in [-0.3, -0.25) is 4.79 Å². The molecular formula is C16H20N2O5S. The van der Waals surface area contributed by atoms with Crippen LogP contribution in [0, 0.1) is 0 Å². The maximum absolute atomic E-state index is 12.1. The molecule has 1 N–H and O–H groups in total. The molecule has 2 rings (SSSR count). The highest BCUT2D eigenvalue weighted by Crippen LogP contribution is 2.16. The average molecular weight is 352 g/mol. The molecule has 0 radical (unpaired) electrons. The maximum Gasteiger partial charge on any atom is 0.239 e. The van der Waals surface area contributed by atoms with Gasteiger partial charge in [-0.2, -0.15) is 4.31 Å². The number of anilines is 1. The number of ether oxygens (including phenoxy) is 1. The number of amides is 1. The smallest absolute Gasteiger partial charge is 0.239 e. The van der Waals surface area contributed by atoms with Crippen LogP contribution in [-0.2, 0) is 21.4 Å². The number of hydrogen-bond donors (Lipinski definition) is 1. The van der Waals surface area contributed by atoms with Crippen molar-refractivity contribution in [2.45, 2.75) is 13.5 Å². The first-order valence-corrected chi connectivity index (χ1v) is 9.23. The minimum atomic E-state index is -3.55. The van der Waals surface area contributed by atoms with Crippen molar-refractivity contribution in [2.75, 3.05) is 24.7 Å². The summed E-state index contributed by atoms with van der Waals surface area (Å²) >= 11 is 0. The third-order valence-electron chi connectivity index (χ3n) is 3.15. The predicted octanol–water partition coefficient (Wildman–Crippen LogP) is 2.08. The van der Waals surface area contributed by atoms with Crippen molar-refractivity contribution >= 4 is 21.6 Å². The molecule has 0 atom stereocenters. The summed E-state index contributed by atoms with van der Waals surface area (Å²) in [5, 5.41) is 2.66. The van der Waals surface area contributed by atoms with Crippen LogP contribution in [0.3, 0.4) is 0 Å². The van der Waals surface area contributed by atoms with Crippen molar-refractivity contribution in [2.24, 2.45) is 0 Å². The van der Waals surface area contributed by atoms with Crippen molar-refractivity contribution in [1.29, 1.82) is 0 Å². The van der Waals surface area contributed by atoms with Crippen LogP contribution in [0.15, 0.2) is 47.1 Å². The predicted molar refractivity (Wildman–Crippen MR) is 90.2 cm³/mol. The quantitative estimate of drug-likeness (QED) is 0.786. The summed E-state index contributed by atoms with van der Waals surface area (Å²) in [6.45, 7) is 2.14. The maximum atomic E-state index is 12.1. The Morgan fingerprint density at radius 1 is 1.25 bits per heavy atom. The number of hydrogen-bond acceptors (Lipinski definition) is 5. The molecule has 1 heterocycles. The molecule has 130 valence electrons. The molecule has 0 spiro atoms. The lowest BCUT2D eigenvalue weighted by atomic mass is 10.3. The van der Waals surface area contributed by atoms with Gasteiger partial charge in [-0.05, 0) is 43.3 Å². The number of nitrogens with zero attached hydrogens (tertiary/aromatic N) is 1. The summed E-state index contributed by atoms with van der Waals surface area (Å²) in [6, 6.07) is 10.2. The molecule has 1 aromatic heterocycles. The van der Waals surface area contributed by atoms with Gasteiger partial charge in [0.2, 0.25) is 15.9 Å². The summed E-state index contributed by atoms with van der Waals surface area (Å²) in [5.41, 5.74) is 0.565. The Balaban J connectivity index is 1.99. The van der Waals surface area contributed by atoms with E-state index in [2.05, 4.69) is 5.32 Å². The first kappa shape index (κ1) is 18.0. The highest BCUT2D eigenvalue weighted by Gasteiger charge is 2.21. The van der Waals surface area contributed by atoms with E-state index in [9.17, 15) is 13.2 Å². The number of carbonyl (C=O) groups is 1. The van der Waals surface area contributed by atoms with E-state index >= 15 is 0 Å². The van der Waals surface area contributed by atoms with Crippen LogP contribution in [0.25, 0.3) is 0 Å². The Labute approximate surface area is 141 Å². The second-order valence-corrected chi connectivity index (χ2v) is 7.10. The van der Waals surface area contributed by atoms with E-state index in [1.165, 1.54) is 6.26 Å². The van der Waals surface area contributed by atoms with Crippen LogP contribution >= 0.6 is 0 Å². The zero-order chi connectivity index (χ0) is 17.6. The summed E-state index contributed by atoms with van der Waals surface area (Å²) in [6.07, 6.45) is 2.51. The Morgan fingerprint density at radius 2 is 1.96 bits per heavy atom.